The molecular weight excluding hydrogens is 302 g/mol. The highest BCUT2D eigenvalue weighted by atomic mass is 16.5. The molecular formula is C13H19N7O3. The van der Waals surface area contributed by atoms with Gasteiger partial charge >= 0.3 is 0 Å². The van der Waals surface area contributed by atoms with Crippen molar-refractivity contribution < 1.29 is 14.1 Å². The summed E-state index contributed by atoms with van der Waals surface area (Å²) in [5.74, 6) is 1.20. The van der Waals surface area contributed by atoms with Gasteiger partial charge in [-0.3, -0.25) is 4.79 Å². The standard InChI is InChI=1S/C13H19N7O3/c1-10-15-12(16-23-10)4-6-22-11-3-2-5-19(7-11)13(21)8-20-9-14-17-18-20/h9,11H,2-8H2,1H3. The monoisotopic (exact) mass is 321 g/mol. The number of aryl methyl sites for hydroxylation is 1. The predicted molar refractivity (Wildman–Crippen MR) is 76.1 cm³/mol. The van der Waals surface area contributed by atoms with Crippen LogP contribution < -0.4 is 0 Å². The van der Waals surface area contributed by atoms with Crippen LogP contribution in [0.4, 0.5) is 0 Å². The van der Waals surface area contributed by atoms with E-state index >= 15 is 0 Å². The van der Waals surface area contributed by atoms with Crippen LogP contribution in [-0.4, -0.2) is 67.0 Å². The van der Waals surface area contributed by atoms with Crippen LogP contribution in [0.3, 0.4) is 0 Å². The number of ether oxygens (including phenoxy) is 1. The number of amides is 1. The Labute approximate surface area is 132 Å². The van der Waals surface area contributed by atoms with E-state index in [0.29, 0.717) is 31.3 Å². The summed E-state index contributed by atoms with van der Waals surface area (Å²) in [4.78, 5) is 18.2. The van der Waals surface area contributed by atoms with E-state index in [1.165, 1.54) is 11.0 Å². The highest BCUT2D eigenvalue weighted by Gasteiger charge is 2.24. The quantitative estimate of drug-likeness (QED) is 0.707. The van der Waals surface area contributed by atoms with Crippen molar-refractivity contribution in [3.63, 3.8) is 0 Å². The zero-order valence-electron chi connectivity index (χ0n) is 13.0. The Morgan fingerprint density at radius 2 is 2.43 bits per heavy atom. The highest BCUT2D eigenvalue weighted by Crippen LogP contribution is 2.14. The first-order chi connectivity index (χ1) is 11.2. The van der Waals surface area contributed by atoms with Crippen molar-refractivity contribution in [1.29, 1.82) is 0 Å². The third kappa shape index (κ3) is 4.31. The van der Waals surface area contributed by atoms with Crippen molar-refractivity contribution in [3.8, 4) is 0 Å². The zero-order chi connectivity index (χ0) is 16.1. The number of hydrogen-bond acceptors (Lipinski definition) is 8. The van der Waals surface area contributed by atoms with E-state index in [-0.39, 0.29) is 18.6 Å². The maximum Gasteiger partial charge on any atom is 0.244 e. The van der Waals surface area contributed by atoms with Gasteiger partial charge in [0.1, 0.15) is 12.9 Å². The minimum Gasteiger partial charge on any atom is -0.376 e. The van der Waals surface area contributed by atoms with E-state index < -0.39 is 0 Å². The van der Waals surface area contributed by atoms with Crippen LogP contribution in [0.5, 0.6) is 0 Å². The lowest BCUT2D eigenvalue weighted by atomic mass is 10.1. The smallest absolute Gasteiger partial charge is 0.244 e. The SMILES string of the molecule is Cc1nc(CCOC2CCCN(C(=O)Cn3cnnn3)C2)no1. The average Bonchev–Trinajstić information content (AvgIpc) is 3.19. The number of hydrogen-bond donors (Lipinski definition) is 0. The van der Waals surface area contributed by atoms with E-state index in [1.807, 2.05) is 0 Å². The van der Waals surface area contributed by atoms with Crippen LogP contribution >= 0.6 is 0 Å². The summed E-state index contributed by atoms with van der Waals surface area (Å²) in [5.41, 5.74) is 0. The van der Waals surface area contributed by atoms with Crippen molar-refractivity contribution in [3.05, 3.63) is 18.0 Å². The molecule has 0 N–H and O–H groups in total. The van der Waals surface area contributed by atoms with Crippen molar-refractivity contribution in [2.45, 2.75) is 38.8 Å². The molecule has 0 bridgehead atoms. The Morgan fingerprint density at radius 3 is 3.17 bits per heavy atom. The van der Waals surface area contributed by atoms with Crippen LogP contribution in [0, 0.1) is 6.92 Å². The first-order valence-corrected chi connectivity index (χ1v) is 7.60. The first-order valence-electron chi connectivity index (χ1n) is 7.60. The second-order valence-electron chi connectivity index (χ2n) is 5.46. The zero-order valence-corrected chi connectivity index (χ0v) is 13.0. The lowest BCUT2D eigenvalue weighted by molar-refractivity contribution is -0.136. The molecule has 1 saturated heterocycles. The number of rotatable bonds is 6. The Morgan fingerprint density at radius 1 is 1.52 bits per heavy atom. The molecule has 0 aromatic carbocycles. The summed E-state index contributed by atoms with van der Waals surface area (Å²) in [7, 11) is 0. The van der Waals surface area contributed by atoms with Crippen molar-refractivity contribution in [2.75, 3.05) is 19.7 Å². The Kier molecular flexibility index (Phi) is 4.91. The van der Waals surface area contributed by atoms with E-state index in [4.69, 9.17) is 9.26 Å². The van der Waals surface area contributed by atoms with Crippen molar-refractivity contribution in [1.82, 2.24) is 35.2 Å². The fraction of sp³-hybridized carbons (Fsp3) is 0.692. The number of nitrogens with zero attached hydrogens (tertiary/aromatic N) is 7. The Hall–Kier alpha value is -2.36. The molecule has 1 unspecified atom stereocenters. The maximum atomic E-state index is 12.2. The molecule has 2 aromatic heterocycles. The molecule has 1 amide bonds. The Balaban J connectivity index is 1.43. The van der Waals surface area contributed by atoms with Gasteiger partial charge in [-0.05, 0) is 23.3 Å². The van der Waals surface area contributed by atoms with Gasteiger partial charge in [0.25, 0.3) is 0 Å². The van der Waals surface area contributed by atoms with Crippen molar-refractivity contribution >= 4 is 5.91 Å². The third-order valence-corrected chi connectivity index (χ3v) is 3.67. The van der Waals surface area contributed by atoms with E-state index in [1.54, 1.807) is 11.8 Å². The van der Waals surface area contributed by atoms with Crippen LogP contribution in [0.1, 0.15) is 24.6 Å². The minimum atomic E-state index is -0.000562. The molecule has 10 heteroatoms. The van der Waals surface area contributed by atoms with Crippen LogP contribution in [0.15, 0.2) is 10.9 Å². The van der Waals surface area contributed by atoms with Gasteiger partial charge in [0.2, 0.25) is 11.8 Å². The normalized spacial score (nSPS) is 18.3. The number of carbonyl (C=O) groups excluding carboxylic acids is 1. The minimum absolute atomic E-state index is 0.000562. The summed E-state index contributed by atoms with van der Waals surface area (Å²) in [6, 6.07) is 0. The van der Waals surface area contributed by atoms with Gasteiger partial charge in [-0.15, -0.1) is 5.10 Å². The first kappa shape index (κ1) is 15.5. The molecule has 1 atom stereocenters. The number of piperidine rings is 1. The molecule has 124 valence electrons. The molecule has 0 spiro atoms. The number of aromatic nitrogens is 6. The summed E-state index contributed by atoms with van der Waals surface area (Å²) in [6.45, 7) is 3.75. The fourth-order valence-electron chi connectivity index (χ4n) is 2.55. The predicted octanol–water partition coefficient (Wildman–Crippen LogP) is -0.385. The molecule has 10 nitrogen and oxygen atoms in total. The van der Waals surface area contributed by atoms with Crippen LogP contribution in [0.25, 0.3) is 0 Å². The molecule has 1 aliphatic rings. The highest BCUT2D eigenvalue weighted by molar-refractivity contribution is 5.76. The van der Waals surface area contributed by atoms with Gasteiger partial charge in [0, 0.05) is 26.4 Å². The fourth-order valence-corrected chi connectivity index (χ4v) is 2.55. The summed E-state index contributed by atoms with van der Waals surface area (Å²) >= 11 is 0. The Bertz CT molecular complexity index is 627. The molecule has 3 rings (SSSR count). The lowest BCUT2D eigenvalue weighted by Gasteiger charge is -2.32. The van der Waals surface area contributed by atoms with Crippen molar-refractivity contribution in [2.24, 2.45) is 0 Å². The van der Waals surface area contributed by atoms with E-state index in [2.05, 4.69) is 25.7 Å². The molecule has 0 radical (unpaired) electrons. The van der Waals surface area contributed by atoms with E-state index in [0.717, 1.165) is 19.4 Å². The summed E-state index contributed by atoms with van der Waals surface area (Å²) < 4.78 is 12.2. The van der Waals surface area contributed by atoms with E-state index in [9.17, 15) is 4.79 Å². The van der Waals surface area contributed by atoms with Gasteiger partial charge in [0.15, 0.2) is 5.82 Å². The average molecular weight is 321 g/mol. The second kappa shape index (κ2) is 7.27. The van der Waals surface area contributed by atoms with Crippen LogP contribution in [0.2, 0.25) is 0 Å². The largest absolute Gasteiger partial charge is 0.376 e. The van der Waals surface area contributed by atoms with Gasteiger partial charge < -0.3 is 14.2 Å². The maximum absolute atomic E-state index is 12.2. The summed E-state index contributed by atoms with van der Waals surface area (Å²) in [5, 5.41) is 14.6. The topological polar surface area (TPSA) is 112 Å². The van der Waals surface area contributed by atoms with Crippen LogP contribution in [-0.2, 0) is 22.5 Å². The van der Waals surface area contributed by atoms with Gasteiger partial charge in [-0.25, -0.2) is 4.68 Å². The molecule has 0 aliphatic carbocycles. The molecule has 23 heavy (non-hydrogen) atoms. The molecule has 3 heterocycles. The molecule has 1 fully saturated rings. The third-order valence-electron chi connectivity index (χ3n) is 3.67. The second-order valence-corrected chi connectivity index (χ2v) is 5.46. The number of carbonyl (C=O) groups is 1. The van der Waals surface area contributed by atoms with Gasteiger partial charge in [-0.2, -0.15) is 4.98 Å². The van der Waals surface area contributed by atoms with Gasteiger partial charge in [0.05, 0.1) is 12.7 Å². The molecule has 1 aliphatic heterocycles. The number of tetrazole rings is 1. The lowest BCUT2D eigenvalue weighted by Crippen LogP contribution is -2.44. The number of likely N-dealkylation sites (tertiary alicyclic amines) is 1. The summed E-state index contributed by atoms with van der Waals surface area (Å²) in [6.07, 6.45) is 3.94. The molecule has 2 aromatic rings. The molecule has 0 saturated carbocycles. The van der Waals surface area contributed by atoms with Gasteiger partial charge in [-0.1, -0.05) is 5.16 Å².